The van der Waals surface area contributed by atoms with Gasteiger partial charge in [-0.1, -0.05) is 41.3 Å². The van der Waals surface area contributed by atoms with E-state index >= 15 is 0 Å². The highest BCUT2D eigenvalue weighted by atomic mass is 35.5. The lowest BCUT2D eigenvalue weighted by molar-refractivity contribution is -0.120. The summed E-state index contributed by atoms with van der Waals surface area (Å²) in [6.45, 7) is 4.39. The molecule has 2 fully saturated rings. The highest BCUT2D eigenvalue weighted by Crippen LogP contribution is 2.59. The zero-order valence-electron chi connectivity index (χ0n) is 20.4. The number of hydrogen-bond acceptors (Lipinski definition) is 7. The molecular weight excluding hydrogens is 529 g/mol. The number of halogens is 2. The van der Waals surface area contributed by atoms with Gasteiger partial charge in [0.2, 0.25) is 0 Å². The van der Waals surface area contributed by atoms with Crippen LogP contribution in [-0.4, -0.2) is 21.4 Å². The van der Waals surface area contributed by atoms with E-state index in [2.05, 4.69) is 18.1 Å². The minimum absolute atomic E-state index is 0.0105. The number of thiazole rings is 1. The molecule has 6 rings (SSSR count). The van der Waals surface area contributed by atoms with Crippen molar-refractivity contribution in [3.63, 3.8) is 0 Å². The molecule has 0 amide bonds. The second-order valence-corrected chi connectivity index (χ2v) is 12.1. The maximum Gasteiger partial charge on any atom is 0.139 e. The second kappa shape index (κ2) is 9.37. The summed E-state index contributed by atoms with van der Waals surface area (Å²) in [6, 6.07) is 13.0. The van der Waals surface area contributed by atoms with Gasteiger partial charge in [0.25, 0.3) is 0 Å². The first-order valence-corrected chi connectivity index (χ1v) is 13.9. The third-order valence-corrected chi connectivity index (χ3v) is 9.89. The van der Waals surface area contributed by atoms with Gasteiger partial charge in [0.05, 0.1) is 44.6 Å². The number of aryl methyl sites for hydroxylation is 1. The van der Waals surface area contributed by atoms with Crippen molar-refractivity contribution < 1.29 is 14.4 Å². The number of aliphatic hydroxyl groups is 1. The number of hydrogen-bond donors (Lipinski definition) is 1. The summed E-state index contributed by atoms with van der Waals surface area (Å²) < 4.78 is 12.9. The Morgan fingerprint density at radius 1 is 1.22 bits per heavy atom. The molecule has 1 N–H and O–H groups in total. The first kappa shape index (κ1) is 24.8. The number of ether oxygens (including phenoxy) is 1. The summed E-state index contributed by atoms with van der Waals surface area (Å²) in [5.41, 5.74) is 2.51. The van der Waals surface area contributed by atoms with Crippen LogP contribution in [0.5, 0.6) is 0 Å². The van der Waals surface area contributed by atoms with Gasteiger partial charge in [-0.25, -0.2) is 4.98 Å². The van der Waals surface area contributed by atoms with Gasteiger partial charge in [-0.3, -0.25) is 0 Å². The van der Waals surface area contributed by atoms with Crippen molar-refractivity contribution >= 4 is 44.8 Å². The molecule has 4 aromatic rings. The van der Waals surface area contributed by atoms with Crippen molar-refractivity contribution in [1.82, 2.24) is 10.1 Å². The van der Waals surface area contributed by atoms with Gasteiger partial charge < -0.3 is 14.4 Å². The lowest BCUT2D eigenvalue weighted by Gasteiger charge is -2.41. The largest absolute Gasteiger partial charge is 0.382 e. The van der Waals surface area contributed by atoms with Crippen molar-refractivity contribution in [2.24, 2.45) is 17.8 Å². The van der Waals surface area contributed by atoms with Gasteiger partial charge >= 0.3 is 0 Å². The van der Waals surface area contributed by atoms with Crippen molar-refractivity contribution in [2.45, 2.75) is 51.4 Å². The Bertz CT molecular complexity index is 1520. The summed E-state index contributed by atoms with van der Waals surface area (Å²) in [7, 11) is 0. The van der Waals surface area contributed by atoms with Crippen LogP contribution in [0.1, 0.15) is 48.1 Å². The first-order chi connectivity index (χ1) is 17.8. The third-order valence-electron chi connectivity index (χ3n) is 8.10. The van der Waals surface area contributed by atoms with Crippen LogP contribution in [0.3, 0.4) is 0 Å². The molecule has 0 spiro atoms. The van der Waals surface area contributed by atoms with Crippen LogP contribution in [0.15, 0.2) is 40.9 Å². The van der Waals surface area contributed by atoms with Crippen LogP contribution < -0.4 is 0 Å². The van der Waals surface area contributed by atoms with Gasteiger partial charge in [0.15, 0.2) is 0 Å². The topological polar surface area (TPSA) is 92.2 Å². The van der Waals surface area contributed by atoms with Crippen LogP contribution in [0, 0.1) is 36.0 Å². The Kier molecular flexibility index (Phi) is 6.29. The van der Waals surface area contributed by atoms with E-state index in [1.165, 1.54) is 11.3 Å². The Labute approximate surface area is 228 Å². The number of fused-ring (bicyclic) bond motifs is 3. The van der Waals surface area contributed by atoms with E-state index in [0.29, 0.717) is 45.2 Å². The Morgan fingerprint density at radius 2 is 2.00 bits per heavy atom. The maximum atomic E-state index is 12.1. The maximum absolute atomic E-state index is 12.1. The number of nitriles is 1. The molecule has 6 nitrogen and oxygen atoms in total. The van der Waals surface area contributed by atoms with E-state index < -0.39 is 5.60 Å². The van der Waals surface area contributed by atoms with Gasteiger partial charge in [-0.05, 0) is 74.3 Å². The Hall–Kier alpha value is -2.47. The zero-order valence-corrected chi connectivity index (χ0v) is 22.7. The third kappa shape index (κ3) is 4.07. The molecule has 0 unspecified atom stereocenters. The average molecular weight is 554 g/mol. The van der Waals surface area contributed by atoms with Crippen LogP contribution >= 0.6 is 34.5 Å². The lowest BCUT2D eigenvalue weighted by atomic mass is 9.72. The molecule has 0 radical (unpaired) electrons. The minimum Gasteiger partial charge on any atom is -0.382 e. The molecular formula is C28H25Cl2N3O3S. The highest BCUT2D eigenvalue weighted by molar-refractivity contribution is 7.18. The fourth-order valence-electron chi connectivity index (χ4n) is 6.23. The molecule has 2 heterocycles. The minimum atomic E-state index is -0.987. The van der Waals surface area contributed by atoms with Crippen molar-refractivity contribution in [3.8, 4) is 17.3 Å². The molecule has 0 aliphatic heterocycles. The van der Waals surface area contributed by atoms with E-state index in [-0.39, 0.29) is 17.9 Å². The normalized spacial score (nSPS) is 27.0. The smallest absolute Gasteiger partial charge is 0.139 e. The fraction of sp³-hybridized carbons (Fsp3) is 0.393. The molecule has 5 atom stereocenters. The number of aromatic nitrogens is 2. The van der Waals surface area contributed by atoms with E-state index in [9.17, 15) is 10.4 Å². The zero-order chi connectivity index (χ0) is 25.9. The van der Waals surface area contributed by atoms with Gasteiger partial charge in [-0.15, -0.1) is 11.3 Å². The molecule has 2 saturated carbocycles. The van der Waals surface area contributed by atoms with E-state index in [4.69, 9.17) is 37.4 Å². The van der Waals surface area contributed by atoms with E-state index in [1.807, 2.05) is 19.1 Å². The van der Waals surface area contributed by atoms with Gasteiger partial charge in [0.1, 0.15) is 22.1 Å². The lowest BCUT2D eigenvalue weighted by Crippen LogP contribution is -2.45. The molecule has 2 aromatic heterocycles. The molecule has 190 valence electrons. The first-order valence-electron chi connectivity index (χ1n) is 12.3. The summed E-state index contributed by atoms with van der Waals surface area (Å²) in [5.74, 6) is 1.09. The van der Waals surface area contributed by atoms with Crippen molar-refractivity contribution in [3.05, 3.63) is 68.3 Å². The predicted molar refractivity (Wildman–Crippen MR) is 143 cm³/mol. The van der Waals surface area contributed by atoms with Crippen LogP contribution in [0.4, 0.5) is 0 Å². The molecule has 0 saturated heterocycles. The molecule has 9 heteroatoms. The summed E-state index contributed by atoms with van der Waals surface area (Å²) in [4.78, 5) is 4.82. The number of nitrogens with zero attached hydrogens (tertiary/aromatic N) is 3. The van der Waals surface area contributed by atoms with Crippen LogP contribution in [-0.2, 0) is 16.9 Å². The molecule has 2 aromatic carbocycles. The number of benzene rings is 2. The predicted octanol–water partition coefficient (Wildman–Crippen LogP) is 7.28. The quantitative estimate of drug-likeness (QED) is 0.279. The average Bonchev–Trinajstić information content (AvgIpc) is 3.49. The van der Waals surface area contributed by atoms with Gasteiger partial charge in [0, 0.05) is 11.1 Å². The Morgan fingerprint density at radius 3 is 2.73 bits per heavy atom. The number of rotatable bonds is 5. The second-order valence-electron chi connectivity index (χ2n) is 10.2. The van der Waals surface area contributed by atoms with Gasteiger partial charge in [-0.2, -0.15) is 5.26 Å². The standard InChI is InChI=1S/C28H25Cl2N3O3S/c1-14-8-17-10-18(35-13-19-15(2)36-33-26(19)25-21(29)4-3-5-22(25)30)11-20(14)28(17,34)27-32-23-7-6-16(12-31)9-24(23)37-27/h3-7,9,14,17-18,20,34H,8,10-11,13H2,1-2H3/t14-,17+,18+,20+,28-/m0/s1. The SMILES string of the molecule is Cc1onc(-c2c(Cl)cccc2Cl)c1CO[C@@H]1C[C@H]2C[C@H](C)[C@@H](C1)[C@]2(O)c1nc2ccc(C#N)cc2s1. The summed E-state index contributed by atoms with van der Waals surface area (Å²) >= 11 is 14.4. The van der Waals surface area contributed by atoms with Crippen LogP contribution in [0.2, 0.25) is 10.0 Å². The van der Waals surface area contributed by atoms with E-state index in [0.717, 1.165) is 40.1 Å². The van der Waals surface area contributed by atoms with Crippen molar-refractivity contribution in [2.75, 3.05) is 0 Å². The molecule has 2 bridgehead atoms. The summed E-state index contributed by atoms with van der Waals surface area (Å²) in [6.07, 6.45) is 2.39. The Balaban J connectivity index is 1.24. The van der Waals surface area contributed by atoms with Crippen LogP contribution in [0.25, 0.3) is 21.5 Å². The molecule has 37 heavy (non-hydrogen) atoms. The molecule has 2 aliphatic rings. The molecule has 2 aliphatic carbocycles. The van der Waals surface area contributed by atoms with Crippen molar-refractivity contribution in [1.29, 1.82) is 5.26 Å². The summed E-state index contributed by atoms with van der Waals surface area (Å²) in [5, 5.41) is 27.3. The highest BCUT2D eigenvalue weighted by Gasteiger charge is 2.59. The fourth-order valence-corrected chi connectivity index (χ4v) is 8.05. The monoisotopic (exact) mass is 553 g/mol. The van der Waals surface area contributed by atoms with E-state index in [1.54, 1.807) is 24.3 Å².